The van der Waals surface area contributed by atoms with E-state index in [4.69, 9.17) is 27.9 Å². The highest BCUT2D eigenvalue weighted by atomic mass is 35.5. The van der Waals surface area contributed by atoms with E-state index in [9.17, 15) is 10.1 Å². The van der Waals surface area contributed by atoms with Crippen molar-refractivity contribution >= 4 is 35.4 Å². The first-order chi connectivity index (χ1) is 16.5. The summed E-state index contributed by atoms with van der Waals surface area (Å²) >= 11 is 6.07. The Morgan fingerprint density at radius 3 is 2.71 bits per heavy atom. The van der Waals surface area contributed by atoms with Crippen molar-refractivity contribution in [3.8, 4) is 18.5 Å². The van der Waals surface area contributed by atoms with Crippen LogP contribution in [0.1, 0.15) is 25.3 Å². The fraction of sp³-hybridized carbons (Fsp3) is 0.375. The predicted octanol–water partition coefficient (Wildman–Crippen LogP) is 2.45. The molecule has 1 unspecified atom stereocenters. The Kier molecular flexibility index (Phi) is 7.15. The van der Waals surface area contributed by atoms with Crippen LogP contribution >= 0.6 is 11.6 Å². The second-order valence-electron chi connectivity index (χ2n) is 7.99. The third kappa shape index (κ3) is 4.90. The molecule has 1 aromatic rings. The van der Waals surface area contributed by atoms with Gasteiger partial charge in [-0.05, 0) is 31.6 Å². The molecule has 9 nitrogen and oxygen atoms in total. The number of likely N-dealkylation sites (tertiary alicyclic amines) is 2. The van der Waals surface area contributed by atoms with Gasteiger partial charge in [-0.15, -0.1) is 11.4 Å². The maximum absolute atomic E-state index is 12.5. The van der Waals surface area contributed by atoms with Crippen LogP contribution in [0.4, 0.5) is 0 Å². The van der Waals surface area contributed by atoms with Gasteiger partial charge in [0.15, 0.2) is 0 Å². The highest BCUT2D eigenvalue weighted by Gasteiger charge is 2.41. The molecule has 0 spiro atoms. The lowest BCUT2D eigenvalue weighted by molar-refractivity contribution is -0.128. The molecular formula is C24H24ClN7O2. The molecule has 3 heterocycles. The highest BCUT2D eigenvalue weighted by molar-refractivity contribution is 6.30. The van der Waals surface area contributed by atoms with E-state index in [-0.39, 0.29) is 18.1 Å². The number of halogens is 1. The molecular weight excluding hydrogens is 454 g/mol. The van der Waals surface area contributed by atoms with Crippen molar-refractivity contribution in [1.29, 1.82) is 5.26 Å². The number of terminal acetylenes is 1. The number of guanidine groups is 1. The molecule has 0 saturated carbocycles. The van der Waals surface area contributed by atoms with Gasteiger partial charge in [0.05, 0.1) is 37.6 Å². The number of benzene rings is 1. The van der Waals surface area contributed by atoms with Crippen LogP contribution in [0.5, 0.6) is 0 Å². The molecule has 0 N–H and O–H groups in total. The molecule has 0 radical (unpaired) electrons. The van der Waals surface area contributed by atoms with Crippen molar-refractivity contribution in [2.75, 3.05) is 26.2 Å². The van der Waals surface area contributed by atoms with Crippen molar-refractivity contribution in [2.24, 2.45) is 15.1 Å². The Morgan fingerprint density at radius 1 is 1.32 bits per heavy atom. The summed E-state index contributed by atoms with van der Waals surface area (Å²) in [5.74, 6) is 3.32. The molecule has 2 fully saturated rings. The average molecular weight is 478 g/mol. The van der Waals surface area contributed by atoms with Crippen LogP contribution in [0.25, 0.3) is 0 Å². The van der Waals surface area contributed by atoms with E-state index in [2.05, 4.69) is 15.9 Å². The minimum Gasteiger partial charge on any atom is -0.471 e. The fourth-order valence-corrected chi connectivity index (χ4v) is 4.31. The van der Waals surface area contributed by atoms with Crippen molar-refractivity contribution in [2.45, 2.75) is 31.9 Å². The van der Waals surface area contributed by atoms with Gasteiger partial charge in [-0.25, -0.2) is 10.0 Å². The summed E-state index contributed by atoms with van der Waals surface area (Å²) in [7, 11) is 0. The number of carbonyl (C=O) groups excluding carboxylic acids is 1. The number of carbonyl (C=O) groups is 1. The van der Waals surface area contributed by atoms with Crippen LogP contribution in [0, 0.1) is 23.8 Å². The molecule has 1 amide bonds. The molecule has 174 valence electrons. The standard InChI is InChI=1S/C24H24ClN7O2/c1-3-11-27-21(4-2)34-19-13-30(14-19)24(28-16-26)32-15-20(31-12-5-6-22(31)33)23(29-32)17-7-9-18(25)10-8-17/h1,4,7-11,19-20H,5-6,12-15H2,2H3/b21-4+,27-11-,28-24?. The lowest BCUT2D eigenvalue weighted by Crippen LogP contribution is -2.58. The Morgan fingerprint density at radius 2 is 2.09 bits per heavy atom. The summed E-state index contributed by atoms with van der Waals surface area (Å²) in [5.41, 5.74) is 1.63. The van der Waals surface area contributed by atoms with E-state index in [1.807, 2.05) is 35.0 Å². The zero-order chi connectivity index (χ0) is 24.1. The average Bonchev–Trinajstić information content (AvgIpc) is 3.43. The summed E-state index contributed by atoms with van der Waals surface area (Å²) in [6.45, 7) is 3.94. The van der Waals surface area contributed by atoms with E-state index < -0.39 is 0 Å². The molecule has 2 saturated heterocycles. The van der Waals surface area contributed by atoms with Crippen molar-refractivity contribution in [1.82, 2.24) is 14.8 Å². The van der Waals surface area contributed by atoms with Crippen LogP contribution in [-0.4, -0.2) is 76.9 Å². The van der Waals surface area contributed by atoms with Gasteiger partial charge in [0.1, 0.15) is 6.10 Å². The summed E-state index contributed by atoms with van der Waals surface area (Å²) in [6, 6.07) is 7.15. The Bertz CT molecular complexity index is 1140. The van der Waals surface area contributed by atoms with Gasteiger partial charge in [0, 0.05) is 23.6 Å². The maximum atomic E-state index is 12.5. The number of rotatable bonds is 5. The lowest BCUT2D eigenvalue weighted by Gasteiger charge is -2.41. The van der Waals surface area contributed by atoms with E-state index in [0.717, 1.165) is 17.7 Å². The van der Waals surface area contributed by atoms with Gasteiger partial charge in [-0.1, -0.05) is 29.7 Å². The summed E-state index contributed by atoms with van der Waals surface area (Å²) < 4.78 is 5.85. The molecule has 10 heteroatoms. The maximum Gasteiger partial charge on any atom is 0.233 e. The minimum absolute atomic E-state index is 0.108. The first-order valence-electron chi connectivity index (χ1n) is 11.0. The Labute approximate surface area is 203 Å². The smallest absolute Gasteiger partial charge is 0.233 e. The first kappa shape index (κ1) is 23.3. The van der Waals surface area contributed by atoms with Gasteiger partial charge < -0.3 is 14.5 Å². The van der Waals surface area contributed by atoms with E-state index in [0.29, 0.717) is 49.5 Å². The summed E-state index contributed by atoms with van der Waals surface area (Å²) in [6.07, 6.45) is 11.4. The molecule has 34 heavy (non-hydrogen) atoms. The van der Waals surface area contributed by atoms with E-state index >= 15 is 0 Å². The van der Waals surface area contributed by atoms with Crippen molar-refractivity contribution in [3.63, 3.8) is 0 Å². The first-order valence-corrected chi connectivity index (χ1v) is 11.4. The van der Waals surface area contributed by atoms with Crippen LogP contribution in [-0.2, 0) is 9.53 Å². The second kappa shape index (κ2) is 10.4. The monoisotopic (exact) mass is 477 g/mol. The van der Waals surface area contributed by atoms with Gasteiger partial charge in [-0.2, -0.15) is 10.4 Å². The van der Waals surface area contributed by atoms with Gasteiger partial charge >= 0.3 is 0 Å². The number of amides is 1. The number of aliphatic imine (C=N–C) groups is 2. The van der Waals surface area contributed by atoms with Crippen LogP contribution in [0.15, 0.2) is 51.3 Å². The molecule has 1 atom stereocenters. The topological polar surface area (TPSA) is 96.9 Å². The Balaban J connectivity index is 1.53. The third-order valence-electron chi connectivity index (χ3n) is 5.83. The molecule has 1 aromatic carbocycles. The minimum atomic E-state index is -0.235. The number of nitrogens with zero attached hydrogens (tertiary/aromatic N) is 7. The van der Waals surface area contributed by atoms with Crippen LogP contribution in [0.2, 0.25) is 5.02 Å². The van der Waals surface area contributed by atoms with Gasteiger partial charge in [-0.3, -0.25) is 4.79 Å². The molecule has 0 aliphatic carbocycles. The number of allylic oxidation sites excluding steroid dienone is 1. The van der Waals surface area contributed by atoms with Crippen LogP contribution < -0.4 is 0 Å². The Hall–Kier alpha value is -3.82. The number of nitriles is 1. The van der Waals surface area contributed by atoms with E-state index in [1.54, 1.807) is 23.2 Å². The van der Waals surface area contributed by atoms with E-state index in [1.165, 1.54) is 6.21 Å². The van der Waals surface area contributed by atoms with Crippen molar-refractivity contribution < 1.29 is 9.53 Å². The summed E-state index contributed by atoms with van der Waals surface area (Å²) in [4.78, 5) is 24.4. The molecule has 3 aliphatic rings. The van der Waals surface area contributed by atoms with Gasteiger partial charge in [0.25, 0.3) is 0 Å². The molecule has 0 bridgehead atoms. The molecule has 0 aromatic heterocycles. The number of hydrogen-bond acceptors (Lipinski definition) is 6. The zero-order valence-corrected chi connectivity index (χ0v) is 19.5. The normalized spacial score (nSPS) is 21.5. The third-order valence-corrected chi connectivity index (χ3v) is 6.08. The predicted molar refractivity (Wildman–Crippen MR) is 130 cm³/mol. The number of ether oxygens (including phenoxy) is 1. The number of hydrazone groups is 1. The van der Waals surface area contributed by atoms with Crippen LogP contribution in [0.3, 0.4) is 0 Å². The van der Waals surface area contributed by atoms with Gasteiger partial charge in [0.2, 0.25) is 23.9 Å². The highest BCUT2D eigenvalue weighted by Crippen LogP contribution is 2.27. The van der Waals surface area contributed by atoms with Crippen molar-refractivity contribution in [3.05, 3.63) is 46.8 Å². The molecule has 3 aliphatic heterocycles. The quantitative estimate of drug-likeness (QED) is 0.213. The summed E-state index contributed by atoms with van der Waals surface area (Å²) in [5, 5.41) is 16.5. The second-order valence-corrected chi connectivity index (χ2v) is 8.43. The SMILES string of the molecule is C#C/C=N\C(=C/C)OC1CN(C(=NC#N)N2CC(N3CCCC3=O)C(c3ccc(Cl)cc3)=N2)C1. The zero-order valence-electron chi connectivity index (χ0n) is 18.8. The fourth-order valence-electron chi connectivity index (χ4n) is 4.19. The largest absolute Gasteiger partial charge is 0.471 e. The molecule has 4 rings (SSSR count). The lowest BCUT2D eigenvalue weighted by atomic mass is 10.0. The number of hydrogen-bond donors (Lipinski definition) is 0.